The number of thioether (sulfide) groups is 1. The second-order valence-corrected chi connectivity index (χ2v) is 10.5. The van der Waals surface area contributed by atoms with Crippen molar-refractivity contribution in [3.63, 3.8) is 0 Å². The number of rotatable bonds is 8. The zero-order chi connectivity index (χ0) is 21.6. The van der Waals surface area contributed by atoms with Crippen molar-refractivity contribution in [2.45, 2.75) is 23.5 Å². The molecule has 1 aromatic carbocycles. The minimum absolute atomic E-state index is 0.0763. The number of hydrogen-bond acceptors (Lipinski definition) is 7. The Hall–Kier alpha value is -2.46. The fourth-order valence-electron chi connectivity index (χ4n) is 2.79. The topological polar surface area (TPSA) is 71.1 Å². The van der Waals surface area contributed by atoms with Crippen LogP contribution in [-0.2, 0) is 4.79 Å². The van der Waals surface area contributed by atoms with Crippen LogP contribution in [0, 0.1) is 0 Å². The molecular weight excluding hydrogens is 467 g/mol. The normalized spacial score (nSPS) is 11.8. The highest BCUT2D eigenvalue weighted by molar-refractivity contribution is 8.00. The molecule has 0 saturated carbocycles. The van der Waals surface area contributed by atoms with E-state index >= 15 is 0 Å². The molecule has 0 spiro atoms. The maximum Gasteiger partial charge on any atom is 0.265 e. The van der Waals surface area contributed by atoms with E-state index in [4.69, 9.17) is 0 Å². The minimum Gasteiger partial charge on any atom is -0.321 e. The first-order valence-electron chi connectivity index (χ1n) is 9.54. The van der Waals surface area contributed by atoms with Crippen LogP contribution in [0.5, 0.6) is 0 Å². The lowest BCUT2D eigenvalue weighted by Crippen LogP contribution is -2.24. The molecule has 2 N–H and O–H groups in total. The number of anilines is 2. The Balaban J connectivity index is 1.39. The Morgan fingerprint density at radius 3 is 2.61 bits per heavy atom. The summed E-state index contributed by atoms with van der Waals surface area (Å²) >= 11 is 5.93. The van der Waals surface area contributed by atoms with E-state index in [0.717, 1.165) is 15.5 Å². The zero-order valence-corrected chi connectivity index (χ0v) is 19.8. The lowest BCUT2D eigenvalue weighted by atomic mass is 10.3. The third-order valence-corrected chi connectivity index (χ3v) is 8.16. The fraction of sp³-hybridized carbons (Fsp3) is 0.136. The monoisotopic (exact) mass is 485 g/mol. The second-order valence-electron chi connectivity index (χ2n) is 6.48. The summed E-state index contributed by atoms with van der Waals surface area (Å²) < 4.78 is 0. The van der Waals surface area contributed by atoms with Crippen molar-refractivity contribution in [1.82, 2.24) is 4.98 Å². The Morgan fingerprint density at radius 2 is 1.87 bits per heavy atom. The predicted molar refractivity (Wildman–Crippen MR) is 133 cm³/mol. The van der Waals surface area contributed by atoms with Crippen LogP contribution in [-0.4, -0.2) is 22.0 Å². The number of carbonyl (C=O) groups is 2. The molecule has 5 nitrogen and oxygen atoms in total. The van der Waals surface area contributed by atoms with Gasteiger partial charge in [0.1, 0.15) is 0 Å². The number of carbonyl (C=O) groups excluding carboxylic acids is 2. The molecule has 0 aliphatic carbocycles. The number of aromatic nitrogens is 1. The Morgan fingerprint density at radius 1 is 1.03 bits per heavy atom. The summed E-state index contributed by atoms with van der Waals surface area (Å²) in [4.78, 5) is 32.3. The maximum atomic E-state index is 12.8. The second kappa shape index (κ2) is 10.2. The van der Waals surface area contributed by atoms with Gasteiger partial charge in [0.15, 0.2) is 5.13 Å². The summed E-state index contributed by atoms with van der Waals surface area (Å²) in [6.45, 7) is 1.98. The molecule has 158 valence electrons. The molecule has 0 radical (unpaired) electrons. The SMILES string of the molecule is CCC(Sc1cccc(NC(=O)c2cccs2)c1)C(=O)Nc1nc(-c2cccs2)cs1. The molecule has 0 bridgehead atoms. The summed E-state index contributed by atoms with van der Waals surface area (Å²) in [5.41, 5.74) is 1.59. The van der Waals surface area contributed by atoms with E-state index in [-0.39, 0.29) is 17.1 Å². The van der Waals surface area contributed by atoms with Crippen molar-refractivity contribution in [1.29, 1.82) is 0 Å². The maximum absolute atomic E-state index is 12.8. The van der Waals surface area contributed by atoms with E-state index in [1.165, 1.54) is 34.4 Å². The van der Waals surface area contributed by atoms with Crippen LogP contribution in [0.15, 0.2) is 69.6 Å². The molecule has 0 fully saturated rings. The molecular formula is C22H19N3O2S4. The van der Waals surface area contributed by atoms with E-state index in [9.17, 15) is 9.59 Å². The smallest absolute Gasteiger partial charge is 0.265 e. The number of amides is 2. The molecule has 0 saturated heterocycles. The van der Waals surface area contributed by atoms with Crippen LogP contribution in [0.4, 0.5) is 10.8 Å². The summed E-state index contributed by atoms with van der Waals surface area (Å²) in [6, 6.07) is 15.2. The third-order valence-electron chi connectivity index (χ3n) is 4.29. The Bertz CT molecular complexity index is 1150. The summed E-state index contributed by atoms with van der Waals surface area (Å²) in [6.07, 6.45) is 0.672. The number of nitrogens with zero attached hydrogens (tertiary/aromatic N) is 1. The standard InChI is InChI=1S/C22H19N3O2S4/c1-2-17(20(26)25-22-24-16(13-30-22)18-8-4-10-28-18)31-15-7-3-6-14(12-15)23-21(27)19-9-5-11-29-19/h3-13,17H,2H2,1H3,(H,23,27)(H,24,25,26). The van der Waals surface area contributed by atoms with Crippen molar-refractivity contribution in [2.75, 3.05) is 10.6 Å². The van der Waals surface area contributed by atoms with Gasteiger partial charge in [-0.2, -0.15) is 0 Å². The predicted octanol–water partition coefficient (Wildman–Crippen LogP) is 6.69. The zero-order valence-electron chi connectivity index (χ0n) is 16.5. The van der Waals surface area contributed by atoms with Gasteiger partial charge in [-0.25, -0.2) is 4.98 Å². The van der Waals surface area contributed by atoms with Gasteiger partial charge in [0.2, 0.25) is 5.91 Å². The Kier molecular flexibility index (Phi) is 7.18. The van der Waals surface area contributed by atoms with Crippen molar-refractivity contribution in [2.24, 2.45) is 0 Å². The molecule has 4 aromatic rings. The van der Waals surface area contributed by atoms with Crippen molar-refractivity contribution in [3.05, 3.63) is 69.5 Å². The van der Waals surface area contributed by atoms with E-state index in [1.54, 1.807) is 17.4 Å². The quantitative estimate of drug-likeness (QED) is 0.273. The van der Waals surface area contributed by atoms with Gasteiger partial charge in [-0.15, -0.1) is 45.8 Å². The average molecular weight is 486 g/mol. The van der Waals surface area contributed by atoms with Crippen LogP contribution in [0.25, 0.3) is 10.6 Å². The lowest BCUT2D eigenvalue weighted by molar-refractivity contribution is -0.115. The third kappa shape index (κ3) is 5.62. The highest BCUT2D eigenvalue weighted by atomic mass is 32.2. The van der Waals surface area contributed by atoms with E-state index in [0.29, 0.717) is 22.1 Å². The van der Waals surface area contributed by atoms with Gasteiger partial charge in [0.25, 0.3) is 5.91 Å². The first kappa shape index (κ1) is 21.8. The summed E-state index contributed by atoms with van der Waals surface area (Å²) in [7, 11) is 0. The van der Waals surface area contributed by atoms with Crippen LogP contribution in [0.2, 0.25) is 0 Å². The van der Waals surface area contributed by atoms with Gasteiger partial charge in [-0.05, 0) is 47.5 Å². The Labute approximate surface area is 196 Å². The molecule has 3 heterocycles. The number of thiazole rings is 1. The molecule has 9 heteroatoms. The van der Waals surface area contributed by atoms with Gasteiger partial charge < -0.3 is 10.6 Å². The van der Waals surface area contributed by atoms with Crippen LogP contribution < -0.4 is 10.6 Å². The summed E-state index contributed by atoms with van der Waals surface area (Å²) in [5, 5.41) is 12.0. The van der Waals surface area contributed by atoms with E-state index < -0.39 is 0 Å². The fourth-order valence-corrected chi connectivity index (χ4v) is 5.90. The first-order valence-corrected chi connectivity index (χ1v) is 13.1. The van der Waals surface area contributed by atoms with Gasteiger partial charge in [-0.1, -0.05) is 25.1 Å². The van der Waals surface area contributed by atoms with Crippen LogP contribution >= 0.6 is 45.8 Å². The van der Waals surface area contributed by atoms with Crippen molar-refractivity contribution < 1.29 is 9.59 Å². The molecule has 0 aliphatic rings. The van der Waals surface area contributed by atoms with Gasteiger partial charge >= 0.3 is 0 Å². The highest BCUT2D eigenvalue weighted by Crippen LogP contribution is 2.31. The average Bonchev–Trinajstić information content (AvgIpc) is 3.54. The number of thiophene rings is 2. The van der Waals surface area contributed by atoms with Gasteiger partial charge in [0.05, 0.1) is 20.7 Å². The molecule has 2 amide bonds. The largest absolute Gasteiger partial charge is 0.321 e. The molecule has 0 aliphatic heterocycles. The molecule has 31 heavy (non-hydrogen) atoms. The molecule has 1 unspecified atom stereocenters. The highest BCUT2D eigenvalue weighted by Gasteiger charge is 2.20. The number of benzene rings is 1. The van der Waals surface area contributed by atoms with Crippen molar-refractivity contribution >= 4 is 68.4 Å². The summed E-state index contributed by atoms with van der Waals surface area (Å²) in [5.74, 6) is -0.208. The van der Waals surface area contributed by atoms with E-state index in [2.05, 4.69) is 15.6 Å². The molecule has 1 atom stereocenters. The van der Waals surface area contributed by atoms with Crippen LogP contribution in [0.1, 0.15) is 23.0 Å². The van der Waals surface area contributed by atoms with Gasteiger partial charge in [-0.3, -0.25) is 9.59 Å². The number of nitrogens with one attached hydrogen (secondary N) is 2. The lowest BCUT2D eigenvalue weighted by Gasteiger charge is -2.14. The number of hydrogen-bond donors (Lipinski definition) is 2. The van der Waals surface area contributed by atoms with Crippen LogP contribution in [0.3, 0.4) is 0 Å². The van der Waals surface area contributed by atoms with Crippen molar-refractivity contribution in [3.8, 4) is 10.6 Å². The first-order chi connectivity index (χ1) is 15.1. The minimum atomic E-state index is -0.266. The van der Waals surface area contributed by atoms with E-state index in [1.807, 2.05) is 65.5 Å². The van der Waals surface area contributed by atoms with Gasteiger partial charge in [0, 0.05) is 16.0 Å². The molecule has 3 aromatic heterocycles. The molecule has 4 rings (SSSR count).